The number of nitrogens with one attached hydrogen (secondary N) is 2. The molecular weight excluding hydrogens is 410 g/mol. The van der Waals surface area contributed by atoms with Crippen LogP contribution in [0, 0.1) is 0 Å². The van der Waals surface area contributed by atoms with Gasteiger partial charge >= 0.3 is 6.61 Å². The maximum absolute atomic E-state index is 12.8. The number of benzene rings is 1. The van der Waals surface area contributed by atoms with Gasteiger partial charge in [0.1, 0.15) is 11.5 Å². The number of aliphatic imine (C=N–C) groups is 1. The van der Waals surface area contributed by atoms with Crippen LogP contribution in [0.25, 0.3) is 0 Å². The molecule has 3 rings (SSSR count). The molecule has 1 saturated heterocycles. The quantitative estimate of drug-likeness (QED) is 0.480. The molecule has 2 heterocycles. The molecular formula is C21H28F2N4O2S. The molecule has 0 saturated carbocycles. The highest BCUT2D eigenvalue weighted by Gasteiger charge is 2.21. The van der Waals surface area contributed by atoms with E-state index in [1.165, 1.54) is 18.2 Å². The predicted molar refractivity (Wildman–Crippen MR) is 117 cm³/mol. The van der Waals surface area contributed by atoms with Crippen LogP contribution in [0.15, 0.2) is 40.7 Å². The molecule has 0 atom stereocenters. The Kier molecular flexibility index (Phi) is 8.12. The molecule has 2 aromatic rings. The second kappa shape index (κ2) is 11.0. The number of guanidine groups is 1. The zero-order chi connectivity index (χ0) is 21.3. The third-order valence-corrected chi connectivity index (χ3v) is 5.82. The van der Waals surface area contributed by atoms with Crippen molar-refractivity contribution in [1.82, 2.24) is 10.6 Å². The number of thiophene rings is 1. The Morgan fingerprint density at radius 1 is 1.30 bits per heavy atom. The van der Waals surface area contributed by atoms with Crippen LogP contribution in [0.5, 0.6) is 11.5 Å². The van der Waals surface area contributed by atoms with Gasteiger partial charge in [0.25, 0.3) is 0 Å². The lowest BCUT2D eigenvalue weighted by Crippen LogP contribution is -2.48. The number of methoxy groups -OCH3 is 1. The zero-order valence-corrected chi connectivity index (χ0v) is 18.1. The minimum absolute atomic E-state index is 0.0770. The van der Waals surface area contributed by atoms with Crippen molar-refractivity contribution in [3.63, 3.8) is 0 Å². The predicted octanol–water partition coefficient (Wildman–Crippen LogP) is 4.08. The minimum atomic E-state index is -2.90. The number of alkyl halides is 2. The molecule has 0 aliphatic carbocycles. The number of hydrogen-bond donors (Lipinski definition) is 2. The van der Waals surface area contributed by atoms with Crippen molar-refractivity contribution in [2.24, 2.45) is 4.99 Å². The van der Waals surface area contributed by atoms with Crippen LogP contribution < -0.4 is 25.0 Å². The van der Waals surface area contributed by atoms with E-state index in [9.17, 15) is 8.78 Å². The Morgan fingerprint density at radius 3 is 2.73 bits per heavy atom. The van der Waals surface area contributed by atoms with Gasteiger partial charge in [0.05, 0.1) is 18.7 Å². The Balaban J connectivity index is 1.62. The molecule has 1 aromatic carbocycles. The number of anilines is 1. The first-order valence-electron chi connectivity index (χ1n) is 10.0. The van der Waals surface area contributed by atoms with Crippen molar-refractivity contribution in [2.45, 2.75) is 39.0 Å². The normalized spacial score (nSPS) is 15.4. The Hall–Kier alpha value is -2.55. The van der Waals surface area contributed by atoms with Crippen molar-refractivity contribution in [1.29, 1.82) is 0 Å². The minimum Gasteiger partial charge on any atom is -0.497 e. The number of halogens is 2. The summed E-state index contributed by atoms with van der Waals surface area (Å²) in [6.07, 6.45) is 2.01. The molecule has 30 heavy (non-hydrogen) atoms. The summed E-state index contributed by atoms with van der Waals surface area (Å²) >= 11 is 1.76. The lowest BCUT2D eigenvalue weighted by atomic mass is 10.1. The van der Waals surface area contributed by atoms with Gasteiger partial charge in [0.2, 0.25) is 0 Å². The largest absolute Gasteiger partial charge is 0.497 e. The second-order valence-electron chi connectivity index (χ2n) is 6.90. The Morgan fingerprint density at radius 2 is 2.10 bits per heavy atom. The molecule has 0 amide bonds. The van der Waals surface area contributed by atoms with E-state index < -0.39 is 6.61 Å². The first kappa shape index (κ1) is 22.1. The van der Waals surface area contributed by atoms with E-state index in [1.807, 2.05) is 6.92 Å². The van der Waals surface area contributed by atoms with Crippen molar-refractivity contribution >= 4 is 22.3 Å². The first-order chi connectivity index (χ1) is 14.6. The summed E-state index contributed by atoms with van der Waals surface area (Å²) in [5.74, 6) is 1.21. The van der Waals surface area contributed by atoms with Gasteiger partial charge in [-0.1, -0.05) is 0 Å². The van der Waals surface area contributed by atoms with Crippen LogP contribution in [-0.4, -0.2) is 45.4 Å². The van der Waals surface area contributed by atoms with E-state index in [0.29, 0.717) is 29.9 Å². The molecule has 1 aliphatic rings. The monoisotopic (exact) mass is 438 g/mol. The van der Waals surface area contributed by atoms with E-state index in [-0.39, 0.29) is 12.3 Å². The number of hydrogen-bond acceptors (Lipinski definition) is 5. The van der Waals surface area contributed by atoms with Crippen LogP contribution in [-0.2, 0) is 6.54 Å². The Bertz CT molecular complexity index is 809. The van der Waals surface area contributed by atoms with Gasteiger partial charge in [0, 0.05) is 37.3 Å². The van der Waals surface area contributed by atoms with Crippen molar-refractivity contribution < 1.29 is 18.3 Å². The topological polar surface area (TPSA) is 58.1 Å². The third-order valence-electron chi connectivity index (χ3n) is 4.90. The molecule has 2 N–H and O–H groups in total. The summed E-state index contributed by atoms with van der Waals surface area (Å²) in [6, 6.07) is 9.40. The standard InChI is InChI=1S/C21H28F2N4O2S/c1-3-24-21(26-16-8-10-27(11-9-16)19-5-4-12-30-19)25-14-15-6-7-17(28-2)13-18(15)29-20(22)23/h4-7,12-13,16,20H,3,8-11,14H2,1-2H3,(H2,24,25,26). The maximum atomic E-state index is 12.8. The third kappa shape index (κ3) is 6.22. The number of rotatable bonds is 8. The van der Waals surface area contributed by atoms with Gasteiger partial charge in [-0.15, -0.1) is 11.3 Å². The molecule has 164 valence electrons. The summed E-state index contributed by atoms with van der Waals surface area (Å²) < 4.78 is 35.3. The Labute approximate surface area is 179 Å². The summed E-state index contributed by atoms with van der Waals surface area (Å²) in [5, 5.41) is 10.1. The van der Waals surface area contributed by atoms with Crippen LogP contribution >= 0.6 is 11.3 Å². The molecule has 1 aliphatic heterocycles. The summed E-state index contributed by atoms with van der Waals surface area (Å²) in [6.45, 7) is 2.00. The highest BCUT2D eigenvalue weighted by molar-refractivity contribution is 7.14. The molecule has 0 spiro atoms. The number of piperidine rings is 1. The fraction of sp³-hybridized carbons (Fsp3) is 0.476. The van der Waals surface area contributed by atoms with E-state index >= 15 is 0 Å². The van der Waals surface area contributed by atoms with Gasteiger partial charge in [0.15, 0.2) is 5.96 Å². The van der Waals surface area contributed by atoms with Crippen LogP contribution in [0.2, 0.25) is 0 Å². The lowest BCUT2D eigenvalue weighted by molar-refractivity contribution is -0.0505. The van der Waals surface area contributed by atoms with E-state index in [4.69, 9.17) is 4.74 Å². The highest BCUT2D eigenvalue weighted by atomic mass is 32.1. The fourth-order valence-corrected chi connectivity index (χ4v) is 4.16. The molecule has 9 heteroatoms. The van der Waals surface area contributed by atoms with Crippen LogP contribution in [0.3, 0.4) is 0 Å². The SMILES string of the molecule is CCNC(=NCc1ccc(OC)cc1OC(F)F)NC1CCN(c2cccs2)CC1. The van der Waals surface area contributed by atoms with Crippen molar-refractivity contribution in [2.75, 3.05) is 31.6 Å². The van der Waals surface area contributed by atoms with E-state index in [2.05, 4.69) is 42.8 Å². The van der Waals surface area contributed by atoms with Gasteiger partial charge in [-0.25, -0.2) is 4.99 Å². The smallest absolute Gasteiger partial charge is 0.387 e. The van der Waals surface area contributed by atoms with Gasteiger partial charge in [-0.05, 0) is 49.4 Å². The zero-order valence-electron chi connectivity index (χ0n) is 17.2. The molecule has 1 aromatic heterocycles. The number of nitrogens with zero attached hydrogens (tertiary/aromatic N) is 2. The van der Waals surface area contributed by atoms with Gasteiger partial charge < -0.3 is 25.0 Å². The summed E-state index contributed by atoms with van der Waals surface area (Å²) in [4.78, 5) is 6.99. The molecule has 0 unspecified atom stereocenters. The van der Waals surface area contributed by atoms with Gasteiger partial charge in [-0.2, -0.15) is 8.78 Å². The molecule has 0 radical (unpaired) electrons. The first-order valence-corrected chi connectivity index (χ1v) is 10.9. The van der Waals surface area contributed by atoms with Crippen molar-refractivity contribution in [3.05, 3.63) is 41.3 Å². The van der Waals surface area contributed by atoms with Gasteiger partial charge in [-0.3, -0.25) is 0 Å². The number of ether oxygens (including phenoxy) is 2. The molecule has 0 bridgehead atoms. The fourth-order valence-electron chi connectivity index (χ4n) is 3.37. The van der Waals surface area contributed by atoms with E-state index in [0.717, 1.165) is 25.9 Å². The average Bonchev–Trinajstić information content (AvgIpc) is 3.28. The highest BCUT2D eigenvalue weighted by Crippen LogP contribution is 2.27. The summed E-state index contributed by atoms with van der Waals surface area (Å²) in [7, 11) is 1.48. The maximum Gasteiger partial charge on any atom is 0.387 e. The second-order valence-corrected chi connectivity index (χ2v) is 7.83. The average molecular weight is 439 g/mol. The van der Waals surface area contributed by atoms with Crippen LogP contribution in [0.1, 0.15) is 25.3 Å². The molecule has 6 nitrogen and oxygen atoms in total. The lowest BCUT2D eigenvalue weighted by Gasteiger charge is -2.33. The molecule has 1 fully saturated rings. The summed E-state index contributed by atoms with van der Waals surface area (Å²) in [5.41, 5.74) is 0.570. The van der Waals surface area contributed by atoms with Crippen LogP contribution in [0.4, 0.5) is 13.8 Å². The van der Waals surface area contributed by atoms with E-state index in [1.54, 1.807) is 23.5 Å². The van der Waals surface area contributed by atoms with Crippen molar-refractivity contribution in [3.8, 4) is 11.5 Å².